The van der Waals surface area contributed by atoms with Gasteiger partial charge in [-0.2, -0.15) is 5.10 Å². The van der Waals surface area contributed by atoms with Crippen molar-refractivity contribution in [3.63, 3.8) is 0 Å². The highest BCUT2D eigenvalue weighted by atomic mass is 16.2. The third-order valence-electron chi connectivity index (χ3n) is 2.78. The molecule has 2 amide bonds. The van der Waals surface area contributed by atoms with Gasteiger partial charge in [0.1, 0.15) is 11.4 Å². The third kappa shape index (κ3) is 1.71. The molecule has 0 aliphatic carbocycles. The first-order valence-corrected chi connectivity index (χ1v) is 4.97. The molecule has 0 bridgehead atoms. The van der Waals surface area contributed by atoms with Gasteiger partial charge in [-0.05, 0) is 6.42 Å². The van der Waals surface area contributed by atoms with Crippen molar-refractivity contribution >= 4 is 17.6 Å². The molecule has 1 aromatic heterocycles. The molecule has 0 aromatic carbocycles. The lowest BCUT2D eigenvalue weighted by Crippen LogP contribution is -2.31. The molecule has 7 nitrogen and oxygen atoms in total. The van der Waals surface area contributed by atoms with Crippen LogP contribution in [-0.2, 0) is 4.79 Å². The largest absolute Gasteiger partial charge is 0.383 e. The summed E-state index contributed by atoms with van der Waals surface area (Å²) < 4.78 is 0. The molecule has 1 saturated heterocycles. The average molecular weight is 223 g/mol. The van der Waals surface area contributed by atoms with Gasteiger partial charge in [-0.25, -0.2) is 0 Å². The fourth-order valence-corrected chi connectivity index (χ4v) is 1.81. The number of nitrogens with one attached hydrogen (secondary N) is 1. The summed E-state index contributed by atoms with van der Waals surface area (Å²) in [6.07, 6.45) is 1.99. The number of aromatic amines is 1. The Kier molecular flexibility index (Phi) is 2.51. The predicted molar refractivity (Wildman–Crippen MR) is 56.2 cm³/mol. The molecule has 1 aromatic rings. The van der Waals surface area contributed by atoms with Gasteiger partial charge in [0.05, 0.1) is 12.1 Å². The van der Waals surface area contributed by atoms with Crippen molar-refractivity contribution in [1.29, 1.82) is 0 Å². The highest BCUT2D eigenvalue weighted by Crippen LogP contribution is 2.19. The Hall–Kier alpha value is -2.05. The number of hydrogen-bond acceptors (Lipinski definition) is 4. The van der Waals surface area contributed by atoms with Gasteiger partial charge in [0.25, 0.3) is 5.91 Å². The van der Waals surface area contributed by atoms with E-state index in [0.717, 1.165) is 0 Å². The van der Waals surface area contributed by atoms with E-state index < -0.39 is 0 Å². The molecule has 1 aliphatic rings. The summed E-state index contributed by atoms with van der Waals surface area (Å²) in [4.78, 5) is 24.5. The second kappa shape index (κ2) is 3.84. The first-order chi connectivity index (χ1) is 7.59. The zero-order chi connectivity index (χ0) is 11.7. The van der Waals surface area contributed by atoms with Crippen LogP contribution in [0.5, 0.6) is 0 Å². The normalized spacial score (nSPS) is 20.0. The Morgan fingerprint density at radius 1 is 1.56 bits per heavy atom. The van der Waals surface area contributed by atoms with Crippen LogP contribution in [0.2, 0.25) is 0 Å². The molecule has 1 fully saturated rings. The van der Waals surface area contributed by atoms with E-state index >= 15 is 0 Å². The number of nitrogens with two attached hydrogens (primary N) is 2. The number of nitrogens with zero attached hydrogens (tertiary/aromatic N) is 2. The summed E-state index contributed by atoms with van der Waals surface area (Å²) in [6, 6.07) is 0. The van der Waals surface area contributed by atoms with Crippen LogP contribution >= 0.6 is 0 Å². The molecule has 16 heavy (non-hydrogen) atoms. The van der Waals surface area contributed by atoms with E-state index in [4.69, 9.17) is 11.5 Å². The van der Waals surface area contributed by atoms with Crippen LogP contribution in [-0.4, -0.2) is 40.0 Å². The number of carbonyl (C=O) groups is 2. The molecule has 1 atom stereocenters. The maximum Gasteiger partial charge on any atom is 0.259 e. The lowest BCUT2D eigenvalue weighted by molar-refractivity contribution is -0.121. The number of hydrogen-bond donors (Lipinski definition) is 3. The Morgan fingerprint density at radius 3 is 2.81 bits per heavy atom. The van der Waals surface area contributed by atoms with Gasteiger partial charge >= 0.3 is 0 Å². The SMILES string of the molecule is NC(=O)C1CCN(C(=O)c2cn[nH]c2N)C1. The minimum Gasteiger partial charge on any atom is -0.383 e. The quantitative estimate of drug-likeness (QED) is 0.592. The molecule has 7 heteroatoms. The van der Waals surface area contributed by atoms with E-state index in [-0.39, 0.29) is 23.6 Å². The van der Waals surface area contributed by atoms with Crippen molar-refractivity contribution in [1.82, 2.24) is 15.1 Å². The summed E-state index contributed by atoms with van der Waals surface area (Å²) in [7, 11) is 0. The van der Waals surface area contributed by atoms with Crippen LogP contribution in [0, 0.1) is 5.92 Å². The molecule has 5 N–H and O–H groups in total. The molecular weight excluding hydrogens is 210 g/mol. The van der Waals surface area contributed by atoms with E-state index in [1.807, 2.05) is 0 Å². The average Bonchev–Trinajstić information content (AvgIpc) is 2.84. The molecule has 0 spiro atoms. The molecule has 2 heterocycles. The molecule has 86 valence electrons. The third-order valence-corrected chi connectivity index (χ3v) is 2.78. The maximum absolute atomic E-state index is 11.9. The van der Waals surface area contributed by atoms with Crippen LogP contribution in [0.15, 0.2) is 6.20 Å². The Balaban J connectivity index is 2.08. The van der Waals surface area contributed by atoms with Gasteiger partial charge in [0.15, 0.2) is 0 Å². The number of carbonyl (C=O) groups excluding carboxylic acids is 2. The van der Waals surface area contributed by atoms with Crippen molar-refractivity contribution in [2.75, 3.05) is 18.8 Å². The minimum atomic E-state index is -0.365. The molecule has 2 rings (SSSR count). The van der Waals surface area contributed by atoms with Crippen LogP contribution in [0.25, 0.3) is 0 Å². The first-order valence-electron chi connectivity index (χ1n) is 4.97. The van der Waals surface area contributed by atoms with Gasteiger partial charge in [-0.1, -0.05) is 0 Å². The molecular formula is C9H13N5O2. The zero-order valence-electron chi connectivity index (χ0n) is 8.64. The van der Waals surface area contributed by atoms with Crippen molar-refractivity contribution < 1.29 is 9.59 Å². The van der Waals surface area contributed by atoms with Crippen molar-refractivity contribution in [2.45, 2.75) is 6.42 Å². The lowest BCUT2D eigenvalue weighted by Gasteiger charge is -2.14. The summed E-state index contributed by atoms with van der Waals surface area (Å²) >= 11 is 0. The lowest BCUT2D eigenvalue weighted by atomic mass is 10.1. The first kappa shape index (κ1) is 10.5. The molecule has 0 saturated carbocycles. The summed E-state index contributed by atoms with van der Waals surface area (Å²) in [6.45, 7) is 0.885. The summed E-state index contributed by atoms with van der Waals surface area (Å²) in [5.41, 5.74) is 11.1. The standard InChI is InChI=1S/C9H13N5O2/c10-7-6(3-12-13-7)9(16)14-2-1-5(4-14)8(11)15/h3,5H,1-2,4H2,(H2,11,15)(H3,10,12,13). The predicted octanol–water partition coefficient (Wildman–Crippen LogP) is -1.06. The highest BCUT2D eigenvalue weighted by Gasteiger charge is 2.31. The van der Waals surface area contributed by atoms with Gasteiger partial charge < -0.3 is 16.4 Å². The number of aromatic nitrogens is 2. The van der Waals surface area contributed by atoms with Gasteiger partial charge in [-0.3, -0.25) is 14.7 Å². The number of anilines is 1. The smallest absolute Gasteiger partial charge is 0.259 e. The van der Waals surface area contributed by atoms with Crippen LogP contribution in [0.1, 0.15) is 16.8 Å². The van der Waals surface area contributed by atoms with Gasteiger partial charge in [0, 0.05) is 13.1 Å². The van der Waals surface area contributed by atoms with Crippen LogP contribution in [0.4, 0.5) is 5.82 Å². The number of amides is 2. The Bertz CT molecular complexity index is 427. The Morgan fingerprint density at radius 2 is 2.31 bits per heavy atom. The van der Waals surface area contributed by atoms with E-state index in [0.29, 0.717) is 25.1 Å². The summed E-state index contributed by atoms with van der Waals surface area (Å²) in [5.74, 6) is -0.588. The number of primary amides is 1. The van der Waals surface area contributed by atoms with Crippen LogP contribution in [0.3, 0.4) is 0 Å². The maximum atomic E-state index is 11.9. The monoisotopic (exact) mass is 223 g/mol. The van der Waals surface area contributed by atoms with E-state index in [1.54, 1.807) is 4.90 Å². The Labute approximate surface area is 91.8 Å². The number of rotatable bonds is 2. The van der Waals surface area contributed by atoms with E-state index in [9.17, 15) is 9.59 Å². The van der Waals surface area contributed by atoms with Crippen molar-refractivity contribution in [3.8, 4) is 0 Å². The van der Waals surface area contributed by atoms with Crippen molar-refractivity contribution in [2.24, 2.45) is 11.7 Å². The number of likely N-dealkylation sites (tertiary alicyclic amines) is 1. The summed E-state index contributed by atoms with van der Waals surface area (Å²) in [5, 5.41) is 6.17. The molecule has 0 radical (unpaired) electrons. The van der Waals surface area contributed by atoms with Crippen LogP contribution < -0.4 is 11.5 Å². The number of H-pyrrole nitrogens is 1. The van der Waals surface area contributed by atoms with Gasteiger partial charge in [-0.15, -0.1) is 0 Å². The zero-order valence-corrected chi connectivity index (χ0v) is 8.64. The van der Waals surface area contributed by atoms with E-state index in [2.05, 4.69) is 10.2 Å². The second-order valence-electron chi connectivity index (χ2n) is 3.84. The fourth-order valence-electron chi connectivity index (χ4n) is 1.81. The van der Waals surface area contributed by atoms with Crippen molar-refractivity contribution in [3.05, 3.63) is 11.8 Å². The highest BCUT2D eigenvalue weighted by molar-refractivity contribution is 5.98. The minimum absolute atomic E-state index is 0.213. The fraction of sp³-hybridized carbons (Fsp3) is 0.444. The molecule has 1 aliphatic heterocycles. The number of nitrogen functional groups attached to an aromatic ring is 1. The second-order valence-corrected chi connectivity index (χ2v) is 3.84. The molecule has 1 unspecified atom stereocenters. The van der Waals surface area contributed by atoms with Gasteiger partial charge in [0.2, 0.25) is 5.91 Å². The topological polar surface area (TPSA) is 118 Å². The van der Waals surface area contributed by atoms with E-state index in [1.165, 1.54) is 6.20 Å².